The van der Waals surface area contributed by atoms with Crippen molar-refractivity contribution < 1.29 is 4.74 Å². The highest BCUT2D eigenvalue weighted by Gasteiger charge is 2.18. The molecule has 1 heterocycles. The number of nitrogens with one attached hydrogen (secondary N) is 1. The molecule has 17 heavy (non-hydrogen) atoms. The van der Waals surface area contributed by atoms with Gasteiger partial charge in [0.1, 0.15) is 0 Å². The number of anilines is 1. The number of nitrogens with zero attached hydrogens (tertiary/aromatic N) is 2. The first-order chi connectivity index (χ1) is 8.20. The van der Waals surface area contributed by atoms with Crippen molar-refractivity contribution in [2.45, 2.75) is 38.6 Å². The Morgan fingerprint density at radius 1 is 1.35 bits per heavy atom. The van der Waals surface area contributed by atoms with Crippen LogP contribution in [0.25, 0.3) is 0 Å². The third kappa shape index (κ3) is 2.85. The van der Waals surface area contributed by atoms with Gasteiger partial charge in [-0.2, -0.15) is 4.98 Å². The molecule has 1 unspecified atom stereocenters. The van der Waals surface area contributed by atoms with Crippen molar-refractivity contribution in [1.29, 1.82) is 0 Å². The number of hydrogen-bond acceptors (Lipinski definition) is 5. The summed E-state index contributed by atoms with van der Waals surface area (Å²) in [5.41, 5.74) is 7.99. The molecule has 0 spiro atoms. The molecule has 1 atom stereocenters. The number of ether oxygens (including phenoxy) is 1. The van der Waals surface area contributed by atoms with E-state index in [0.717, 1.165) is 18.5 Å². The minimum atomic E-state index is 0.0839. The third-order valence-corrected chi connectivity index (χ3v) is 2.92. The number of fused-ring (bicyclic) bond motifs is 1. The molecular formula is C12H20N4O. The second-order valence-corrected chi connectivity index (χ2v) is 4.55. The summed E-state index contributed by atoms with van der Waals surface area (Å²) in [5.74, 6) is 1.33. The molecule has 1 aromatic rings. The number of methoxy groups -OCH3 is 1. The van der Waals surface area contributed by atoms with Crippen molar-refractivity contribution in [3.8, 4) is 5.88 Å². The highest BCUT2D eigenvalue weighted by atomic mass is 16.5. The number of hydrogen-bond donors (Lipinski definition) is 2. The van der Waals surface area contributed by atoms with Gasteiger partial charge < -0.3 is 15.8 Å². The Morgan fingerprint density at radius 2 is 2.12 bits per heavy atom. The maximum absolute atomic E-state index is 5.70. The first kappa shape index (κ1) is 12.1. The van der Waals surface area contributed by atoms with Crippen molar-refractivity contribution in [2.24, 2.45) is 5.73 Å². The molecule has 0 saturated heterocycles. The molecule has 1 aromatic heterocycles. The van der Waals surface area contributed by atoms with Crippen molar-refractivity contribution in [1.82, 2.24) is 9.97 Å². The number of aromatic nitrogens is 2. The van der Waals surface area contributed by atoms with E-state index in [-0.39, 0.29) is 6.04 Å². The van der Waals surface area contributed by atoms with E-state index < -0.39 is 0 Å². The van der Waals surface area contributed by atoms with Gasteiger partial charge in [-0.05, 0) is 32.6 Å². The van der Waals surface area contributed by atoms with Crippen molar-refractivity contribution in [3.05, 3.63) is 11.3 Å². The molecule has 0 aromatic carbocycles. The normalized spacial score (nSPS) is 16.2. The van der Waals surface area contributed by atoms with Crippen LogP contribution in [0.3, 0.4) is 0 Å². The maximum Gasteiger partial charge on any atom is 0.226 e. The predicted octanol–water partition coefficient (Wildman–Crippen LogP) is 1.12. The van der Waals surface area contributed by atoms with E-state index >= 15 is 0 Å². The van der Waals surface area contributed by atoms with Gasteiger partial charge in [-0.25, -0.2) is 4.98 Å². The molecule has 5 heteroatoms. The average molecular weight is 236 g/mol. The van der Waals surface area contributed by atoms with Gasteiger partial charge in [0.05, 0.1) is 12.8 Å². The molecule has 94 valence electrons. The Balaban J connectivity index is 2.23. The molecular weight excluding hydrogens is 216 g/mol. The molecule has 0 amide bonds. The summed E-state index contributed by atoms with van der Waals surface area (Å²) >= 11 is 0. The van der Waals surface area contributed by atoms with E-state index in [1.807, 2.05) is 6.92 Å². The van der Waals surface area contributed by atoms with Gasteiger partial charge >= 0.3 is 0 Å². The molecule has 3 N–H and O–H groups in total. The lowest BCUT2D eigenvalue weighted by atomic mass is 9.97. The molecule has 0 fully saturated rings. The number of nitrogens with two attached hydrogens (primary N) is 1. The minimum Gasteiger partial charge on any atom is -0.481 e. The van der Waals surface area contributed by atoms with Gasteiger partial charge in [0.2, 0.25) is 11.8 Å². The van der Waals surface area contributed by atoms with Crippen molar-refractivity contribution in [3.63, 3.8) is 0 Å². The minimum absolute atomic E-state index is 0.0839. The molecule has 1 aliphatic carbocycles. The summed E-state index contributed by atoms with van der Waals surface area (Å²) < 4.78 is 5.34. The van der Waals surface area contributed by atoms with Gasteiger partial charge in [-0.1, -0.05) is 0 Å². The standard InChI is InChI=1S/C12H20N4O/c1-8(13)7-14-12-15-10-6-4-3-5-9(10)11(16-12)17-2/h8H,3-7,13H2,1-2H3,(H,14,15,16). The van der Waals surface area contributed by atoms with E-state index in [1.54, 1.807) is 7.11 Å². The fourth-order valence-corrected chi connectivity index (χ4v) is 2.06. The Morgan fingerprint density at radius 3 is 2.82 bits per heavy atom. The van der Waals surface area contributed by atoms with Crippen LogP contribution in [0.15, 0.2) is 0 Å². The molecule has 2 rings (SSSR count). The topological polar surface area (TPSA) is 73.1 Å². The van der Waals surface area contributed by atoms with Crippen LogP contribution in [0.2, 0.25) is 0 Å². The van der Waals surface area contributed by atoms with E-state index in [1.165, 1.54) is 18.4 Å². The molecule has 5 nitrogen and oxygen atoms in total. The fraction of sp³-hybridized carbons (Fsp3) is 0.667. The third-order valence-electron chi connectivity index (χ3n) is 2.92. The van der Waals surface area contributed by atoms with Gasteiger partial charge in [0.25, 0.3) is 0 Å². The van der Waals surface area contributed by atoms with Crippen molar-refractivity contribution in [2.75, 3.05) is 19.0 Å². The number of rotatable bonds is 4. The van der Waals surface area contributed by atoms with Crippen molar-refractivity contribution >= 4 is 5.95 Å². The Bertz CT molecular complexity index is 375. The molecule has 0 radical (unpaired) electrons. The fourth-order valence-electron chi connectivity index (χ4n) is 2.06. The summed E-state index contributed by atoms with van der Waals surface area (Å²) in [6, 6.07) is 0.0839. The Kier molecular flexibility index (Phi) is 3.78. The van der Waals surface area contributed by atoms with Crippen LogP contribution in [0.4, 0.5) is 5.95 Å². The largest absolute Gasteiger partial charge is 0.481 e. The quantitative estimate of drug-likeness (QED) is 0.819. The zero-order valence-electron chi connectivity index (χ0n) is 10.5. The lowest BCUT2D eigenvalue weighted by Gasteiger charge is -2.18. The first-order valence-corrected chi connectivity index (χ1v) is 6.14. The summed E-state index contributed by atoms with van der Waals surface area (Å²) in [6.07, 6.45) is 4.42. The summed E-state index contributed by atoms with van der Waals surface area (Å²) in [7, 11) is 1.66. The van der Waals surface area contributed by atoms with Gasteiger partial charge in [-0.3, -0.25) is 0 Å². The first-order valence-electron chi connectivity index (χ1n) is 6.14. The van der Waals surface area contributed by atoms with E-state index in [4.69, 9.17) is 10.5 Å². The van der Waals surface area contributed by atoms with Gasteiger partial charge in [0.15, 0.2) is 0 Å². The number of aryl methyl sites for hydroxylation is 1. The van der Waals surface area contributed by atoms with Crippen LogP contribution in [0.1, 0.15) is 31.0 Å². The zero-order valence-corrected chi connectivity index (χ0v) is 10.5. The van der Waals surface area contributed by atoms with E-state index in [9.17, 15) is 0 Å². The Hall–Kier alpha value is -1.36. The Labute approximate surface area is 102 Å². The van der Waals surface area contributed by atoms with Crippen LogP contribution >= 0.6 is 0 Å². The SMILES string of the molecule is COc1nc(NCC(C)N)nc2c1CCCC2. The van der Waals surface area contributed by atoms with Crippen LogP contribution < -0.4 is 15.8 Å². The van der Waals surface area contributed by atoms with Crippen LogP contribution in [0, 0.1) is 0 Å². The van der Waals surface area contributed by atoms with Crippen LogP contribution in [-0.2, 0) is 12.8 Å². The highest BCUT2D eigenvalue weighted by molar-refractivity contribution is 5.39. The second kappa shape index (κ2) is 5.31. The molecule has 1 aliphatic rings. The monoisotopic (exact) mass is 236 g/mol. The predicted molar refractivity (Wildman–Crippen MR) is 67.4 cm³/mol. The lowest BCUT2D eigenvalue weighted by molar-refractivity contribution is 0.387. The molecule has 0 saturated carbocycles. The summed E-state index contributed by atoms with van der Waals surface area (Å²) in [4.78, 5) is 8.91. The smallest absolute Gasteiger partial charge is 0.226 e. The van der Waals surface area contributed by atoms with E-state index in [2.05, 4.69) is 15.3 Å². The lowest BCUT2D eigenvalue weighted by Crippen LogP contribution is -2.26. The van der Waals surface area contributed by atoms with Gasteiger partial charge in [-0.15, -0.1) is 0 Å². The summed E-state index contributed by atoms with van der Waals surface area (Å²) in [5, 5.41) is 3.14. The average Bonchev–Trinajstić information content (AvgIpc) is 2.35. The maximum atomic E-state index is 5.70. The van der Waals surface area contributed by atoms with Gasteiger partial charge in [0, 0.05) is 18.2 Å². The molecule has 0 bridgehead atoms. The van der Waals surface area contributed by atoms with E-state index in [0.29, 0.717) is 18.4 Å². The van der Waals surface area contributed by atoms with Crippen LogP contribution in [-0.4, -0.2) is 29.7 Å². The zero-order chi connectivity index (χ0) is 12.3. The summed E-state index contributed by atoms with van der Waals surface area (Å²) in [6.45, 7) is 2.62. The molecule has 0 aliphatic heterocycles. The highest BCUT2D eigenvalue weighted by Crippen LogP contribution is 2.27. The van der Waals surface area contributed by atoms with Crippen LogP contribution in [0.5, 0.6) is 5.88 Å². The second-order valence-electron chi connectivity index (χ2n) is 4.55.